The number of carbonyl (C=O) groups is 2. The number of allylic oxidation sites excluding steroid dienone is 1. The van der Waals surface area contributed by atoms with Gasteiger partial charge in [0.1, 0.15) is 5.82 Å². The lowest BCUT2D eigenvalue weighted by Crippen LogP contribution is -2.46. The second-order valence-electron chi connectivity index (χ2n) is 4.72. The summed E-state index contributed by atoms with van der Waals surface area (Å²) in [5.74, 6) is -0.443. The van der Waals surface area contributed by atoms with Gasteiger partial charge in [-0.15, -0.1) is 0 Å². The van der Waals surface area contributed by atoms with Gasteiger partial charge in [0.15, 0.2) is 5.78 Å². The van der Waals surface area contributed by atoms with Crippen molar-refractivity contribution in [3.05, 3.63) is 46.9 Å². The highest BCUT2D eigenvalue weighted by Gasteiger charge is 2.35. The molecule has 19 heavy (non-hydrogen) atoms. The molecule has 0 aromatic heterocycles. The fraction of sp³-hybridized carbons (Fsp3) is 0.286. The van der Waals surface area contributed by atoms with E-state index in [2.05, 4.69) is 10.6 Å². The fourth-order valence-electron chi connectivity index (χ4n) is 2.65. The Hall–Kier alpha value is -2.17. The van der Waals surface area contributed by atoms with Gasteiger partial charge in [-0.3, -0.25) is 4.79 Å². The summed E-state index contributed by atoms with van der Waals surface area (Å²) in [7, 11) is 0. The Bertz CT molecular complexity index is 595. The normalized spacial score (nSPS) is 22.7. The van der Waals surface area contributed by atoms with Crippen molar-refractivity contribution in [2.75, 3.05) is 0 Å². The van der Waals surface area contributed by atoms with Gasteiger partial charge in [-0.1, -0.05) is 18.2 Å². The number of amides is 2. The molecule has 1 heterocycles. The molecule has 0 saturated carbocycles. The van der Waals surface area contributed by atoms with E-state index in [1.165, 1.54) is 6.07 Å². The van der Waals surface area contributed by atoms with Gasteiger partial charge in [0.05, 0.1) is 6.04 Å². The van der Waals surface area contributed by atoms with Gasteiger partial charge in [-0.25, -0.2) is 9.18 Å². The molecule has 1 aromatic rings. The predicted octanol–water partition coefficient (Wildman–Crippen LogP) is 2.19. The minimum absolute atomic E-state index is 0.0259. The number of ketones is 1. The zero-order valence-corrected chi connectivity index (χ0v) is 10.2. The lowest BCUT2D eigenvalue weighted by atomic mass is 9.85. The summed E-state index contributed by atoms with van der Waals surface area (Å²) in [6.07, 6.45) is 1.82. The zero-order valence-electron chi connectivity index (χ0n) is 10.2. The van der Waals surface area contributed by atoms with E-state index in [4.69, 9.17) is 0 Å². The monoisotopic (exact) mass is 260 g/mol. The number of hydrogen-bond donors (Lipinski definition) is 2. The molecule has 1 aliphatic heterocycles. The van der Waals surface area contributed by atoms with Crippen LogP contribution in [0.5, 0.6) is 0 Å². The molecule has 1 aromatic carbocycles. The van der Waals surface area contributed by atoms with Crippen LogP contribution in [0.2, 0.25) is 0 Å². The average Bonchev–Trinajstić information content (AvgIpc) is 2.38. The Morgan fingerprint density at radius 3 is 2.74 bits per heavy atom. The Labute approximate surface area is 109 Å². The molecule has 2 aliphatic rings. The molecule has 98 valence electrons. The van der Waals surface area contributed by atoms with E-state index >= 15 is 0 Å². The van der Waals surface area contributed by atoms with Gasteiger partial charge in [0.25, 0.3) is 0 Å². The minimum Gasteiger partial charge on any atom is -0.327 e. The highest BCUT2D eigenvalue weighted by Crippen LogP contribution is 2.34. The first-order valence-corrected chi connectivity index (χ1v) is 6.25. The number of urea groups is 1. The summed E-state index contributed by atoms with van der Waals surface area (Å²) in [5, 5.41) is 5.29. The molecule has 4 nitrogen and oxygen atoms in total. The van der Waals surface area contributed by atoms with Gasteiger partial charge in [0.2, 0.25) is 0 Å². The molecule has 3 rings (SSSR count). The fourth-order valence-corrected chi connectivity index (χ4v) is 2.65. The first-order valence-electron chi connectivity index (χ1n) is 6.25. The van der Waals surface area contributed by atoms with Crippen LogP contribution in [0.15, 0.2) is 35.5 Å². The average molecular weight is 260 g/mol. The number of nitrogens with one attached hydrogen (secondary N) is 2. The first kappa shape index (κ1) is 11.9. The summed E-state index contributed by atoms with van der Waals surface area (Å²) < 4.78 is 13.9. The molecule has 0 saturated heterocycles. The summed E-state index contributed by atoms with van der Waals surface area (Å²) in [4.78, 5) is 23.7. The molecular formula is C14H13FN2O2. The molecule has 0 bridgehead atoms. The standard InChI is InChI=1S/C14H13FN2O2/c15-9-5-2-1-4-8(9)13-12-10(16-14(19)17-13)6-3-7-11(12)18/h1-2,4-5,13H,3,6-7H2,(H2,16,17,19). The van der Waals surface area contributed by atoms with Crippen molar-refractivity contribution in [1.29, 1.82) is 0 Å². The largest absolute Gasteiger partial charge is 0.327 e. The van der Waals surface area contributed by atoms with Gasteiger partial charge in [0, 0.05) is 23.3 Å². The number of hydrogen-bond acceptors (Lipinski definition) is 2. The topological polar surface area (TPSA) is 58.2 Å². The van der Waals surface area contributed by atoms with Gasteiger partial charge >= 0.3 is 6.03 Å². The van der Waals surface area contributed by atoms with Crippen LogP contribution in [0.4, 0.5) is 9.18 Å². The molecule has 1 unspecified atom stereocenters. The van der Waals surface area contributed by atoms with Crippen molar-refractivity contribution < 1.29 is 14.0 Å². The van der Waals surface area contributed by atoms with Crippen molar-refractivity contribution in [3.8, 4) is 0 Å². The third-order valence-electron chi connectivity index (χ3n) is 3.50. The summed E-state index contributed by atoms with van der Waals surface area (Å²) in [6.45, 7) is 0. The number of halogens is 1. The van der Waals surface area contributed by atoms with E-state index in [1.54, 1.807) is 18.2 Å². The highest BCUT2D eigenvalue weighted by atomic mass is 19.1. The summed E-state index contributed by atoms with van der Waals surface area (Å²) >= 11 is 0. The lowest BCUT2D eigenvalue weighted by molar-refractivity contribution is -0.116. The minimum atomic E-state index is -0.683. The molecule has 2 amide bonds. The van der Waals surface area contributed by atoms with E-state index in [0.29, 0.717) is 29.7 Å². The maximum atomic E-state index is 13.9. The van der Waals surface area contributed by atoms with E-state index < -0.39 is 11.9 Å². The maximum Gasteiger partial charge on any atom is 0.319 e. The first-order chi connectivity index (χ1) is 9.16. The van der Waals surface area contributed by atoms with Crippen molar-refractivity contribution in [1.82, 2.24) is 10.6 Å². The quantitative estimate of drug-likeness (QED) is 0.813. The Morgan fingerprint density at radius 1 is 1.16 bits per heavy atom. The van der Waals surface area contributed by atoms with Crippen LogP contribution in [-0.4, -0.2) is 11.8 Å². The Morgan fingerprint density at radius 2 is 1.95 bits per heavy atom. The van der Waals surface area contributed by atoms with Gasteiger partial charge in [-0.05, 0) is 18.9 Å². The predicted molar refractivity (Wildman–Crippen MR) is 66.7 cm³/mol. The van der Waals surface area contributed by atoms with Crippen LogP contribution in [-0.2, 0) is 4.79 Å². The number of carbonyl (C=O) groups excluding carboxylic acids is 2. The van der Waals surface area contributed by atoms with Gasteiger partial charge < -0.3 is 10.6 Å². The van der Waals surface area contributed by atoms with Crippen LogP contribution in [0.1, 0.15) is 30.9 Å². The Balaban J connectivity index is 2.11. The smallest absolute Gasteiger partial charge is 0.319 e. The van der Waals surface area contributed by atoms with Crippen LogP contribution < -0.4 is 10.6 Å². The summed E-state index contributed by atoms with van der Waals surface area (Å²) in [5.41, 5.74) is 1.46. The highest BCUT2D eigenvalue weighted by molar-refractivity contribution is 6.00. The number of Topliss-reactive ketones (excluding diaryl/α,β-unsaturated/α-hetero) is 1. The summed E-state index contributed by atoms with van der Waals surface area (Å²) in [6, 6.07) is 5.13. The third-order valence-corrected chi connectivity index (χ3v) is 3.50. The van der Waals surface area contributed by atoms with E-state index in [1.807, 2.05) is 0 Å². The molecule has 0 radical (unpaired) electrons. The van der Waals surface area contributed by atoms with Crippen molar-refractivity contribution in [2.45, 2.75) is 25.3 Å². The van der Waals surface area contributed by atoms with Crippen LogP contribution in [0.3, 0.4) is 0 Å². The van der Waals surface area contributed by atoms with Crippen LogP contribution in [0.25, 0.3) is 0 Å². The third kappa shape index (κ3) is 2.01. The lowest BCUT2D eigenvalue weighted by Gasteiger charge is -2.32. The zero-order chi connectivity index (χ0) is 13.4. The maximum absolute atomic E-state index is 13.9. The molecule has 1 atom stereocenters. The Kier molecular flexibility index (Phi) is 2.81. The number of rotatable bonds is 1. The van der Waals surface area contributed by atoms with Gasteiger partial charge in [-0.2, -0.15) is 0 Å². The van der Waals surface area contributed by atoms with Crippen molar-refractivity contribution in [3.63, 3.8) is 0 Å². The molecule has 2 N–H and O–H groups in total. The second-order valence-corrected chi connectivity index (χ2v) is 4.72. The molecular weight excluding hydrogens is 247 g/mol. The van der Waals surface area contributed by atoms with Crippen molar-refractivity contribution >= 4 is 11.8 Å². The molecule has 1 aliphatic carbocycles. The second kappa shape index (κ2) is 4.50. The molecule has 5 heteroatoms. The molecule has 0 fully saturated rings. The van der Waals surface area contributed by atoms with Crippen LogP contribution >= 0.6 is 0 Å². The SMILES string of the molecule is O=C1NC2=C(C(=O)CCC2)C(c2ccccc2F)N1. The number of benzene rings is 1. The van der Waals surface area contributed by atoms with E-state index in [9.17, 15) is 14.0 Å². The van der Waals surface area contributed by atoms with Crippen LogP contribution in [0, 0.1) is 5.82 Å². The van der Waals surface area contributed by atoms with E-state index in [0.717, 1.165) is 6.42 Å². The van der Waals surface area contributed by atoms with E-state index in [-0.39, 0.29) is 11.8 Å². The molecule has 0 spiro atoms. The van der Waals surface area contributed by atoms with Crippen molar-refractivity contribution in [2.24, 2.45) is 0 Å².